The molecule has 1 aromatic heterocycles. The second-order valence-corrected chi connectivity index (χ2v) is 6.81. The number of halogens is 1. The number of carbonyl (C=O) groups excluding carboxylic acids is 2. The van der Waals surface area contributed by atoms with Crippen molar-refractivity contribution in [1.82, 2.24) is 15.1 Å². The van der Waals surface area contributed by atoms with Crippen molar-refractivity contribution < 1.29 is 14.3 Å². The minimum Gasteiger partial charge on any atom is -0.469 e. The highest BCUT2D eigenvalue weighted by molar-refractivity contribution is 6.30. The maximum atomic E-state index is 12.7. The number of aromatic nitrogens is 2. The van der Waals surface area contributed by atoms with E-state index in [9.17, 15) is 9.59 Å². The molecule has 0 fully saturated rings. The van der Waals surface area contributed by atoms with E-state index in [-0.39, 0.29) is 12.3 Å². The molecule has 0 saturated carbocycles. The van der Waals surface area contributed by atoms with E-state index < -0.39 is 12.0 Å². The van der Waals surface area contributed by atoms with Gasteiger partial charge in [0.25, 0.3) is 5.91 Å². The van der Waals surface area contributed by atoms with Gasteiger partial charge in [-0.15, -0.1) is 0 Å². The van der Waals surface area contributed by atoms with Crippen LogP contribution in [-0.4, -0.2) is 28.8 Å². The van der Waals surface area contributed by atoms with Crippen LogP contribution >= 0.6 is 11.6 Å². The number of hydrogen-bond acceptors (Lipinski definition) is 4. The lowest BCUT2D eigenvalue weighted by atomic mass is 10.0. The Balaban J connectivity index is 1.80. The summed E-state index contributed by atoms with van der Waals surface area (Å²) in [7, 11) is 1.32. The van der Waals surface area contributed by atoms with Gasteiger partial charge >= 0.3 is 5.97 Å². The number of ether oxygens (including phenoxy) is 1. The molecule has 2 aromatic carbocycles. The Morgan fingerprint density at radius 3 is 2.64 bits per heavy atom. The third-order valence-electron chi connectivity index (χ3n) is 4.30. The Kier molecular flexibility index (Phi) is 6.11. The van der Waals surface area contributed by atoms with Crippen LogP contribution in [0, 0.1) is 6.92 Å². The summed E-state index contributed by atoms with van der Waals surface area (Å²) in [6.45, 7) is 1.97. The van der Waals surface area contributed by atoms with Gasteiger partial charge in [-0.05, 0) is 30.7 Å². The second kappa shape index (κ2) is 8.71. The Bertz CT molecular complexity index is 983. The molecule has 0 spiro atoms. The van der Waals surface area contributed by atoms with Crippen LogP contribution in [0.1, 0.15) is 33.9 Å². The van der Waals surface area contributed by atoms with Gasteiger partial charge in [0, 0.05) is 11.2 Å². The van der Waals surface area contributed by atoms with E-state index in [1.807, 2.05) is 43.3 Å². The summed E-state index contributed by atoms with van der Waals surface area (Å²) in [5.41, 5.74) is 3.04. The molecule has 3 aromatic rings. The van der Waals surface area contributed by atoms with Crippen molar-refractivity contribution in [3.05, 3.63) is 82.6 Å². The molecule has 144 valence electrons. The first-order valence-corrected chi connectivity index (χ1v) is 9.09. The molecule has 1 unspecified atom stereocenters. The fourth-order valence-electron chi connectivity index (χ4n) is 2.74. The Labute approximate surface area is 168 Å². The van der Waals surface area contributed by atoms with Crippen molar-refractivity contribution in [3.63, 3.8) is 0 Å². The van der Waals surface area contributed by atoms with E-state index in [0.717, 1.165) is 16.8 Å². The number of amides is 1. The van der Waals surface area contributed by atoms with Crippen molar-refractivity contribution in [3.8, 4) is 5.69 Å². The number of benzene rings is 2. The summed E-state index contributed by atoms with van der Waals surface area (Å²) in [5, 5.41) is 7.69. The molecule has 0 aliphatic heterocycles. The molecule has 1 atom stereocenters. The third-order valence-corrected chi connectivity index (χ3v) is 4.54. The lowest BCUT2D eigenvalue weighted by Gasteiger charge is -2.18. The van der Waals surface area contributed by atoms with Gasteiger partial charge in [-0.2, -0.15) is 5.10 Å². The lowest BCUT2D eigenvalue weighted by molar-refractivity contribution is -0.141. The molecular formula is C21H20ClN3O3. The predicted octanol–water partition coefficient (Wildman–Crippen LogP) is 3.87. The van der Waals surface area contributed by atoms with Gasteiger partial charge in [0.15, 0.2) is 0 Å². The van der Waals surface area contributed by atoms with E-state index in [4.69, 9.17) is 16.3 Å². The summed E-state index contributed by atoms with van der Waals surface area (Å²) < 4.78 is 6.34. The molecular weight excluding hydrogens is 378 g/mol. The number of aryl methyl sites for hydroxylation is 1. The van der Waals surface area contributed by atoms with E-state index in [1.54, 1.807) is 23.0 Å². The lowest BCUT2D eigenvalue weighted by Crippen LogP contribution is -2.30. The summed E-state index contributed by atoms with van der Waals surface area (Å²) in [6.07, 6.45) is 3.12. The zero-order chi connectivity index (χ0) is 20.1. The average molecular weight is 398 g/mol. The quantitative estimate of drug-likeness (QED) is 0.641. The largest absolute Gasteiger partial charge is 0.469 e. The van der Waals surface area contributed by atoms with Crippen LogP contribution in [0.4, 0.5) is 0 Å². The number of methoxy groups -OCH3 is 1. The van der Waals surface area contributed by atoms with Crippen molar-refractivity contribution in [2.45, 2.75) is 19.4 Å². The first-order chi connectivity index (χ1) is 13.5. The van der Waals surface area contributed by atoms with Crippen LogP contribution in [0.15, 0.2) is 60.9 Å². The van der Waals surface area contributed by atoms with Gasteiger partial charge in [0.2, 0.25) is 0 Å². The highest BCUT2D eigenvalue weighted by Gasteiger charge is 2.20. The number of hydrogen-bond donors (Lipinski definition) is 1. The van der Waals surface area contributed by atoms with Crippen LogP contribution in [0.2, 0.25) is 5.02 Å². The highest BCUT2D eigenvalue weighted by atomic mass is 35.5. The van der Waals surface area contributed by atoms with Gasteiger partial charge in [0.1, 0.15) is 0 Å². The first kappa shape index (κ1) is 19.6. The molecule has 6 nitrogen and oxygen atoms in total. The zero-order valence-corrected chi connectivity index (χ0v) is 16.3. The maximum Gasteiger partial charge on any atom is 0.307 e. The molecule has 0 aliphatic rings. The Morgan fingerprint density at radius 2 is 1.96 bits per heavy atom. The fourth-order valence-corrected chi connectivity index (χ4v) is 2.93. The molecule has 7 heteroatoms. The van der Waals surface area contributed by atoms with Crippen LogP contribution in [0.25, 0.3) is 5.69 Å². The Hall–Kier alpha value is -3.12. The number of esters is 1. The smallest absolute Gasteiger partial charge is 0.307 e. The molecule has 3 rings (SSSR count). The van der Waals surface area contributed by atoms with Crippen LogP contribution < -0.4 is 5.32 Å². The van der Waals surface area contributed by atoms with Gasteiger partial charge in [0.05, 0.1) is 37.0 Å². The predicted molar refractivity (Wildman–Crippen MR) is 107 cm³/mol. The van der Waals surface area contributed by atoms with Crippen molar-refractivity contribution >= 4 is 23.5 Å². The summed E-state index contributed by atoms with van der Waals surface area (Å²) in [5.74, 6) is -0.733. The van der Waals surface area contributed by atoms with Crippen molar-refractivity contribution in [2.75, 3.05) is 7.11 Å². The summed E-state index contributed by atoms with van der Waals surface area (Å²) >= 11 is 6.01. The van der Waals surface area contributed by atoms with E-state index in [0.29, 0.717) is 10.6 Å². The van der Waals surface area contributed by atoms with Gasteiger partial charge in [-0.1, -0.05) is 47.5 Å². The fraction of sp³-hybridized carbons (Fsp3) is 0.190. The van der Waals surface area contributed by atoms with E-state index >= 15 is 0 Å². The summed E-state index contributed by atoms with van der Waals surface area (Å²) in [4.78, 5) is 24.5. The average Bonchev–Trinajstić information content (AvgIpc) is 3.18. The van der Waals surface area contributed by atoms with Crippen LogP contribution in [0.5, 0.6) is 0 Å². The first-order valence-electron chi connectivity index (χ1n) is 8.71. The molecule has 28 heavy (non-hydrogen) atoms. The second-order valence-electron chi connectivity index (χ2n) is 6.37. The van der Waals surface area contributed by atoms with E-state index in [2.05, 4.69) is 10.4 Å². The number of nitrogens with one attached hydrogen (secondary N) is 1. The van der Waals surface area contributed by atoms with Gasteiger partial charge < -0.3 is 10.1 Å². The van der Waals surface area contributed by atoms with Crippen LogP contribution in [-0.2, 0) is 9.53 Å². The highest BCUT2D eigenvalue weighted by Crippen LogP contribution is 2.20. The molecule has 0 bridgehead atoms. The zero-order valence-electron chi connectivity index (χ0n) is 15.6. The summed E-state index contributed by atoms with van der Waals surface area (Å²) in [6, 6.07) is 14.3. The van der Waals surface area contributed by atoms with Crippen molar-refractivity contribution in [1.29, 1.82) is 0 Å². The standard InChI is InChI=1S/C21H20ClN3O3/c1-14-6-8-15(9-7-14)19(11-20(26)28-2)24-21(27)16-12-23-25(13-16)18-5-3-4-17(22)10-18/h3-10,12-13,19H,11H2,1-2H3,(H,24,27). The molecule has 1 N–H and O–H groups in total. The Morgan fingerprint density at radius 1 is 1.21 bits per heavy atom. The topological polar surface area (TPSA) is 73.2 Å². The third kappa shape index (κ3) is 4.78. The number of nitrogens with zero attached hydrogens (tertiary/aromatic N) is 2. The molecule has 0 saturated heterocycles. The maximum absolute atomic E-state index is 12.7. The minimum absolute atomic E-state index is 0.0354. The monoisotopic (exact) mass is 397 g/mol. The molecule has 0 radical (unpaired) electrons. The van der Waals surface area contributed by atoms with Crippen molar-refractivity contribution in [2.24, 2.45) is 0 Å². The SMILES string of the molecule is COC(=O)CC(NC(=O)c1cnn(-c2cccc(Cl)c2)c1)c1ccc(C)cc1. The molecule has 1 heterocycles. The number of carbonyl (C=O) groups is 2. The molecule has 1 amide bonds. The minimum atomic E-state index is -0.505. The van der Waals surface area contributed by atoms with E-state index in [1.165, 1.54) is 13.3 Å². The normalized spacial score (nSPS) is 11.7. The van der Waals surface area contributed by atoms with Crippen LogP contribution in [0.3, 0.4) is 0 Å². The molecule has 0 aliphatic carbocycles. The number of rotatable bonds is 6. The van der Waals surface area contributed by atoms with Gasteiger partial charge in [-0.25, -0.2) is 4.68 Å². The van der Waals surface area contributed by atoms with Gasteiger partial charge in [-0.3, -0.25) is 9.59 Å².